The first-order valence-electron chi connectivity index (χ1n) is 11.6. The van der Waals surface area contributed by atoms with E-state index in [4.69, 9.17) is 3.63 Å². The third-order valence-electron chi connectivity index (χ3n) is 7.31. The lowest BCUT2D eigenvalue weighted by molar-refractivity contribution is -0.0991. The lowest BCUT2D eigenvalue weighted by atomic mass is 9.79. The molecule has 0 amide bonds. The van der Waals surface area contributed by atoms with E-state index in [-0.39, 0.29) is 5.92 Å². The molecule has 0 heterocycles. The minimum absolute atomic E-state index is 0.289. The van der Waals surface area contributed by atoms with Crippen LogP contribution in [0.4, 0.5) is 8.78 Å². The van der Waals surface area contributed by atoms with Gasteiger partial charge in [-0.1, -0.05) is 54.6 Å². The molecule has 2 aliphatic rings. The SMILES string of the molecule is O=S(=O)(CC(F)(F)C12CCC(CC1)C2)OS(c1ccccc1)(c1ccccc1)c1ccccc1. The van der Waals surface area contributed by atoms with Crippen molar-refractivity contribution >= 4 is 20.4 Å². The Morgan fingerprint density at radius 2 is 1.18 bits per heavy atom. The van der Waals surface area contributed by atoms with Crippen LogP contribution >= 0.6 is 10.3 Å². The molecule has 7 heteroatoms. The molecule has 0 radical (unpaired) electrons. The third kappa shape index (κ3) is 4.08. The molecule has 34 heavy (non-hydrogen) atoms. The van der Waals surface area contributed by atoms with Crippen LogP contribution in [0, 0.1) is 11.3 Å². The molecule has 0 aliphatic heterocycles. The first-order chi connectivity index (χ1) is 16.3. The van der Waals surface area contributed by atoms with Gasteiger partial charge in [-0.2, -0.15) is 8.42 Å². The van der Waals surface area contributed by atoms with Crippen molar-refractivity contribution in [3.05, 3.63) is 91.0 Å². The molecule has 5 rings (SSSR count). The van der Waals surface area contributed by atoms with Crippen molar-refractivity contribution in [1.29, 1.82) is 0 Å². The maximum atomic E-state index is 15.6. The molecule has 3 nitrogen and oxygen atoms in total. The average molecular weight is 503 g/mol. The van der Waals surface area contributed by atoms with Crippen molar-refractivity contribution in [1.82, 2.24) is 0 Å². The van der Waals surface area contributed by atoms with Gasteiger partial charge in [-0.05, 0) is 84.7 Å². The van der Waals surface area contributed by atoms with Crippen molar-refractivity contribution in [3.8, 4) is 0 Å². The monoisotopic (exact) mass is 502 g/mol. The van der Waals surface area contributed by atoms with Gasteiger partial charge in [0.1, 0.15) is 5.75 Å². The molecule has 0 saturated heterocycles. The number of alkyl halides is 2. The third-order valence-corrected chi connectivity index (χ3v) is 12.5. The summed E-state index contributed by atoms with van der Waals surface area (Å²) in [5, 5.41) is 0. The van der Waals surface area contributed by atoms with Gasteiger partial charge in [-0.25, -0.2) is 12.4 Å². The highest BCUT2D eigenvalue weighted by Crippen LogP contribution is 2.70. The summed E-state index contributed by atoms with van der Waals surface area (Å²) in [6.45, 7) is 0. The van der Waals surface area contributed by atoms with Crippen molar-refractivity contribution in [2.75, 3.05) is 5.75 Å². The Bertz CT molecular complexity index is 1130. The highest BCUT2D eigenvalue weighted by Gasteiger charge is 2.61. The molecule has 2 saturated carbocycles. The fourth-order valence-electron chi connectivity index (χ4n) is 5.62. The van der Waals surface area contributed by atoms with Crippen molar-refractivity contribution < 1.29 is 20.8 Å². The molecule has 0 N–H and O–H groups in total. The van der Waals surface area contributed by atoms with Gasteiger partial charge >= 0.3 is 0 Å². The Morgan fingerprint density at radius 3 is 1.53 bits per heavy atom. The Labute approximate surface area is 201 Å². The molecule has 3 aromatic rings. The highest BCUT2D eigenvalue weighted by atomic mass is 32.3. The van der Waals surface area contributed by atoms with Crippen LogP contribution in [0.15, 0.2) is 106 Å². The molecule has 0 unspecified atom stereocenters. The molecule has 0 atom stereocenters. The van der Waals surface area contributed by atoms with E-state index in [1.165, 1.54) is 0 Å². The molecule has 0 aromatic heterocycles. The second-order valence-electron chi connectivity index (χ2n) is 9.40. The second-order valence-corrected chi connectivity index (χ2v) is 13.9. The Balaban J connectivity index is 1.61. The van der Waals surface area contributed by atoms with Crippen LogP contribution in [-0.4, -0.2) is 20.1 Å². The topological polar surface area (TPSA) is 43.4 Å². The van der Waals surface area contributed by atoms with Gasteiger partial charge in [-0.3, -0.25) is 0 Å². The van der Waals surface area contributed by atoms with Crippen molar-refractivity contribution in [2.24, 2.45) is 11.3 Å². The van der Waals surface area contributed by atoms with E-state index in [1.807, 2.05) is 54.6 Å². The summed E-state index contributed by atoms with van der Waals surface area (Å²) in [4.78, 5) is 1.91. The van der Waals surface area contributed by atoms with Gasteiger partial charge in [0.25, 0.3) is 16.0 Å². The first-order valence-corrected chi connectivity index (χ1v) is 14.7. The number of hydrogen-bond donors (Lipinski definition) is 0. The van der Waals surface area contributed by atoms with Crippen LogP contribution < -0.4 is 0 Å². The molecule has 2 fully saturated rings. The van der Waals surface area contributed by atoms with E-state index in [2.05, 4.69) is 0 Å². The Hall–Kier alpha value is -2.22. The summed E-state index contributed by atoms with van der Waals surface area (Å²) in [5.74, 6) is -4.35. The molecule has 180 valence electrons. The van der Waals surface area contributed by atoms with Crippen LogP contribution in [0.2, 0.25) is 0 Å². The summed E-state index contributed by atoms with van der Waals surface area (Å²) >= 11 is 0. The number of fused-ring (bicyclic) bond motifs is 2. The van der Waals surface area contributed by atoms with Crippen molar-refractivity contribution in [3.63, 3.8) is 0 Å². The summed E-state index contributed by atoms with van der Waals surface area (Å²) in [5.41, 5.74) is -1.22. The molecular formula is C27H28F2O3S2. The zero-order chi connectivity index (χ0) is 23.9. The average Bonchev–Trinajstić information content (AvgIpc) is 3.47. The zero-order valence-corrected chi connectivity index (χ0v) is 20.4. The van der Waals surface area contributed by atoms with Crippen LogP contribution in [0.5, 0.6) is 0 Å². The predicted octanol–water partition coefficient (Wildman–Crippen LogP) is 7.45. The van der Waals surface area contributed by atoms with Gasteiger partial charge in [0, 0.05) is 20.1 Å². The van der Waals surface area contributed by atoms with Crippen LogP contribution in [-0.2, 0) is 13.7 Å². The lowest BCUT2D eigenvalue weighted by Gasteiger charge is -2.41. The number of benzene rings is 3. The van der Waals surface area contributed by atoms with Gasteiger partial charge in [0.05, 0.1) is 0 Å². The van der Waals surface area contributed by atoms with E-state index >= 15 is 8.78 Å². The van der Waals surface area contributed by atoms with Gasteiger partial charge in [-0.15, -0.1) is 0 Å². The fourth-order valence-corrected chi connectivity index (χ4v) is 11.2. The summed E-state index contributed by atoms with van der Waals surface area (Å²) in [6, 6.07) is 27.2. The number of halogens is 2. The minimum atomic E-state index is -4.62. The quantitative estimate of drug-likeness (QED) is 0.321. The van der Waals surface area contributed by atoms with Crippen LogP contribution in [0.3, 0.4) is 0 Å². The number of rotatable bonds is 8. The molecule has 2 aliphatic carbocycles. The van der Waals surface area contributed by atoms with E-state index in [0.717, 1.165) is 12.8 Å². The molecule has 2 bridgehead atoms. The summed E-state index contributed by atoms with van der Waals surface area (Å²) in [6.07, 6.45) is 2.68. The normalized spacial score (nSPS) is 23.2. The van der Waals surface area contributed by atoms with Gasteiger partial charge < -0.3 is 0 Å². The molecule has 0 spiro atoms. The Kier molecular flexibility index (Phi) is 6.07. The van der Waals surface area contributed by atoms with Gasteiger partial charge in [0.15, 0.2) is 0 Å². The molecule has 3 aromatic carbocycles. The van der Waals surface area contributed by atoms with E-state index in [1.54, 1.807) is 36.4 Å². The van der Waals surface area contributed by atoms with E-state index in [9.17, 15) is 8.42 Å². The Morgan fingerprint density at radius 1 is 0.765 bits per heavy atom. The van der Waals surface area contributed by atoms with E-state index < -0.39 is 37.5 Å². The lowest BCUT2D eigenvalue weighted by Crippen LogP contribution is -2.44. The predicted molar refractivity (Wildman–Crippen MR) is 131 cm³/mol. The highest BCUT2D eigenvalue weighted by molar-refractivity contribution is 8.33. The zero-order valence-electron chi connectivity index (χ0n) is 18.8. The largest absolute Gasteiger partial charge is 0.283 e. The maximum Gasteiger partial charge on any atom is 0.283 e. The standard InChI is InChI=1S/C27H28F2O3S2/c28-27(29,26-18-16-22(20-26)17-19-26)21-33(30,31)32-34(23-10-4-1-5-11-23,24-12-6-2-7-13-24)25-14-8-3-9-15-25/h1-15,22H,16-21H2. The fraction of sp³-hybridized carbons (Fsp3) is 0.333. The summed E-state index contributed by atoms with van der Waals surface area (Å²) < 4.78 is 64.4. The van der Waals surface area contributed by atoms with Crippen LogP contribution in [0.1, 0.15) is 32.1 Å². The smallest absolute Gasteiger partial charge is 0.206 e. The van der Waals surface area contributed by atoms with E-state index in [0.29, 0.717) is 33.9 Å². The van der Waals surface area contributed by atoms with Crippen molar-refractivity contribution in [2.45, 2.75) is 52.7 Å². The number of hydrogen-bond acceptors (Lipinski definition) is 3. The molecular weight excluding hydrogens is 474 g/mol. The second kappa shape index (κ2) is 8.77. The van der Waals surface area contributed by atoms with Gasteiger partial charge in [0.2, 0.25) is 0 Å². The first kappa shape index (κ1) is 23.5. The minimum Gasteiger partial charge on any atom is -0.206 e. The summed E-state index contributed by atoms with van der Waals surface area (Å²) in [7, 11) is -7.45. The maximum absolute atomic E-state index is 15.6. The van der Waals surface area contributed by atoms with Crippen LogP contribution in [0.25, 0.3) is 0 Å².